The van der Waals surface area contributed by atoms with Crippen LogP contribution in [0.5, 0.6) is 0 Å². The van der Waals surface area contributed by atoms with Gasteiger partial charge in [-0.2, -0.15) is 0 Å². The van der Waals surface area contributed by atoms with Crippen molar-refractivity contribution in [2.24, 2.45) is 0 Å². The third-order valence-corrected chi connectivity index (χ3v) is 12.0. The zero-order valence-electron chi connectivity index (χ0n) is 29.6. The van der Waals surface area contributed by atoms with Gasteiger partial charge in [0.05, 0.1) is 21.4 Å². The van der Waals surface area contributed by atoms with E-state index in [2.05, 4.69) is 176 Å². The summed E-state index contributed by atoms with van der Waals surface area (Å²) in [6.07, 6.45) is 1.87. The summed E-state index contributed by atoms with van der Waals surface area (Å²) >= 11 is 1.76. The van der Waals surface area contributed by atoms with Gasteiger partial charge in [-0.25, -0.2) is 9.97 Å². The molecule has 3 aromatic heterocycles. The highest BCUT2D eigenvalue weighted by molar-refractivity contribution is 7.26. The number of pyridine rings is 1. The van der Waals surface area contributed by atoms with Crippen molar-refractivity contribution in [1.29, 1.82) is 0 Å². The van der Waals surface area contributed by atoms with Gasteiger partial charge < -0.3 is 0 Å². The molecule has 0 aliphatic rings. The quantitative estimate of drug-likeness (QED) is 0.166. The van der Waals surface area contributed by atoms with Crippen molar-refractivity contribution in [1.82, 2.24) is 15.0 Å². The van der Waals surface area contributed by atoms with Crippen LogP contribution in [0.2, 0.25) is 0 Å². The second kappa shape index (κ2) is 12.8. The van der Waals surface area contributed by atoms with Crippen LogP contribution >= 0.6 is 11.3 Å². The molecule has 0 saturated heterocycles. The molecule has 3 nitrogen and oxygen atoms in total. The smallest absolute Gasteiger partial charge is 0.161 e. The van der Waals surface area contributed by atoms with E-state index in [0.29, 0.717) is 0 Å². The van der Waals surface area contributed by atoms with Gasteiger partial charge in [0.1, 0.15) is 0 Å². The molecule has 0 amide bonds. The minimum atomic E-state index is 0.731. The van der Waals surface area contributed by atoms with Crippen LogP contribution in [-0.4, -0.2) is 15.0 Å². The molecule has 256 valence electrons. The molecular formula is C51H31N3S. The van der Waals surface area contributed by atoms with E-state index < -0.39 is 0 Å². The molecule has 4 heteroatoms. The fraction of sp³-hybridized carbons (Fsp3) is 0. The molecule has 11 rings (SSSR count). The fourth-order valence-corrected chi connectivity index (χ4v) is 9.24. The van der Waals surface area contributed by atoms with E-state index in [1.807, 2.05) is 12.3 Å². The second-order valence-electron chi connectivity index (χ2n) is 13.9. The predicted molar refractivity (Wildman–Crippen MR) is 232 cm³/mol. The first-order valence-corrected chi connectivity index (χ1v) is 19.3. The molecule has 0 radical (unpaired) electrons. The number of rotatable bonds is 5. The SMILES string of the molecule is c1ccc(-c2ccc(-c3nc(-c4ccc(-c5ccc(-c6cccc7c6ccc6cccnc67)cc5)c5ccccc45)nc4c3sc3ccccc34)cc2)cc1. The molecule has 11 aromatic rings. The zero-order chi connectivity index (χ0) is 36.3. The van der Waals surface area contributed by atoms with Crippen LogP contribution in [0.1, 0.15) is 0 Å². The first-order chi connectivity index (χ1) is 27.3. The summed E-state index contributed by atoms with van der Waals surface area (Å²) < 4.78 is 2.32. The van der Waals surface area contributed by atoms with Crippen LogP contribution in [0.4, 0.5) is 0 Å². The maximum absolute atomic E-state index is 5.38. The monoisotopic (exact) mass is 717 g/mol. The Morgan fingerprint density at radius 3 is 1.75 bits per heavy atom. The topological polar surface area (TPSA) is 38.7 Å². The third-order valence-electron chi connectivity index (χ3n) is 10.8. The van der Waals surface area contributed by atoms with Crippen molar-refractivity contribution in [2.45, 2.75) is 0 Å². The lowest BCUT2D eigenvalue weighted by atomic mass is 9.92. The highest BCUT2D eigenvalue weighted by Crippen LogP contribution is 2.42. The molecular weight excluding hydrogens is 687 g/mol. The number of thiophene rings is 1. The van der Waals surface area contributed by atoms with Crippen molar-refractivity contribution >= 4 is 64.1 Å². The van der Waals surface area contributed by atoms with E-state index in [-0.39, 0.29) is 0 Å². The Morgan fingerprint density at radius 1 is 0.345 bits per heavy atom. The zero-order valence-corrected chi connectivity index (χ0v) is 30.5. The molecule has 0 spiro atoms. The molecule has 55 heavy (non-hydrogen) atoms. The van der Waals surface area contributed by atoms with Crippen LogP contribution in [-0.2, 0) is 0 Å². The lowest BCUT2D eigenvalue weighted by molar-refractivity contribution is 1.24. The maximum Gasteiger partial charge on any atom is 0.161 e. The van der Waals surface area contributed by atoms with Crippen molar-refractivity contribution in [3.8, 4) is 56.0 Å². The van der Waals surface area contributed by atoms with E-state index in [1.54, 1.807) is 11.3 Å². The lowest BCUT2D eigenvalue weighted by Crippen LogP contribution is -1.95. The average Bonchev–Trinajstić information content (AvgIpc) is 3.64. The standard InChI is InChI=1S/C51H31N3S/c1-2-10-32(11-3-1)33-19-25-37(26-20-33)48-50-49(45-15-6-7-18-46(45)55-50)54-51(53-48)44-30-29-39(40-13-4-5-14-41(40)44)35-23-21-34(22-24-35)38-16-8-17-43-42(38)28-27-36-12-9-31-52-47(36)43/h1-31H. The van der Waals surface area contributed by atoms with Crippen molar-refractivity contribution < 1.29 is 0 Å². The molecule has 0 bridgehead atoms. The van der Waals surface area contributed by atoms with Crippen molar-refractivity contribution in [3.05, 3.63) is 188 Å². The third kappa shape index (κ3) is 5.30. The molecule has 0 fully saturated rings. The maximum atomic E-state index is 5.38. The molecule has 8 aromatic carbocycles. The molecule has 0 aliphatic heterocycles. The van der Waals surface area contributed by atoms with Gasteiger partial charge in [-0.15, -0.1) is 11.3 Å². The Morgan fingerprint density at radius 2 is 0.945 bits per heavy atom. The van der Waals surface area contributed by atoms with E-state index >= 15 is 0 Å². The Hall–Kier alpha value is -7.01. The van der Waals surface area contributed by atoms with Crippen LogP contribution in [0.25, 0.3) is 109 Å². The summed E-state index contributed by atoms with van der Waals surface area (Å²) in [5.74, 6) is 0.731. The summed E-state index contributed by atoms with van der Waals surface area (Å²) in [6.45, 7) is 0. The van der Waals surface area contributed by atoms with E-state index in [9.17, 15) is 0 Å². The van der Waals surface area contributed by atoms with Gasteiger partial charge in [-0.3, -0.25) is 4.98 Å². The Labute approximate surface area is 321 Å². The fourth-order valence-electron chi connectivity index (χ4n) is 8.09. The minimum absolute atomic E-state index is 0.731. The number of nitrogens with zero attached hydrogens (tertiary/aromatic N) is 3. The predicted octanol–water partition coefficient (Wildman–Crippen LogP) is 14.0. The Kier molecular flexibility index (Phi) is 7.35. The van der Waals surface area contributed by atoms with Crippen LogP contribution in [0.3, 0.4) is 0 Å². The van der Waals surface area contributed by atoms with Gasteiger partial charge >= 0.3 is 0 Å². The van der Waals surface area contributed by atoms with Gasteiger partial charge in [0.15, 0.2) is 5.82 Å². The Bertz CT molecular complexity index is 3240. The van der Waals surface area contributed by atoms with Crippen LogP contribution in [0, 0.1) is 0 Å². The number of aromatic nitrogens is 3. The minimum Gasteiger partial charge on any atom is -0.256 e. The van der Waals surface area contributed by atoms with Gasteiger partial charge in [-0.05, 0) is 67.7 Å². The second-order valence-corrected chi connectivity index (χ2v) is 15.0. The summed E-state index contributed by atoms with van der Waals surface area (Å²) in [6, 6.07) is 64.9. The van der Waals surface area contributed by atoms with Gasteiger partial charge in [0.25, 0.3) is 0 Å². The molecule has 0 N–H and O–H groups in total. The normalized spacial score (nSPS) is 11.6. The lowest BCUT2D eigenvalue weighted by Gasteiger charge is -2.14. The van der Waals surface area contributed by atoms with Crippen LogP contribution in [0.15, 0.2) is 188 Å². The highest BCUT2D eigenvalue weighted by Gasteiger charge is 2.19. The summed E-state index contributed by atoms with van der Waals surface area (Å²) in [7, 11) is 0. The van der Waals surface area contributed by atoms with Gasteiger partial charge in [0, 0.05) is 38.2 Å². The van der Waals surface area contributed by atoms with E-state index in [4.69, 9.17) is 15.0 Å². The average molecular weight is 718 g/mol. The number of hydrogen-bond acceptors (Lipinski definition) is 4. The van der Waals surface area contributed by atoms with Gasteiger partial charge in [-0.1, -0.05) is 164 Å². The number of hydrogen-bond donors (Lipinski definition) is 0. The van der Waals surface area contributed by atoms with Crippen molar-refractivity contribution in [3.63, 3.8) is 0 Å². The highest BCUT2D eigenvalue weighted by atomic mass is 32.1. The Balaban J connectivity index is 1.03. The summed E-state index contributed by atoms with van der Waals surface area (Å²) in [5, 5.41) is 6.98. The number of fused-ring (bicyclic) bond motifs is 7. The first-order valence-electron chi connectivity index (χ1n) is 18.5. The van der Waals surface area contributed by atoms with E-state index in [0.717, 1.165) is 54.5 Å². The molecule has 0 unspecified atom stereocenters. The van der Waals surface area contributed by atoms with Crippen molar-refractivity contribution in [2.75, 3.05) is 0 Å². The molecule has 0 atom stereocenters. The number of benzene rings is 8. The van der Waals surface area contributed by atoms with Crippen LogP contribution < -0.4 is 0 Å². The molecule has 0 aliphatic carbocycles. The summed E-state index contributed by atoms with van der Waals surface area (Å²) in [4.78, 5) is 15.4. The molecule has 0 saturated carbocycles. The van der Waals surface area contributed by atoms with E-state index in [1.165, 1.54) is 54.2 Å². The summed E-state index contributed by atoms with van der Waals surface area (Å²) in [5.41, 5.74) is 12.2. The first kappa shape index (κ1) is 31.5. The largest absolute Gasteiger partial charge is 0.256 e. The molecule has 3 heterocycles. The van der Waals surface area contributed by atoms with Gasteiger partial charge in [0.2, 0.25) is 0 Å².